The summed E-state index contributed by atoms with van der Waals surface area (Å²) >= 11 is 0. The van der Waals surface area contributed by atoms with Crippen molar-refractivity contribution in [3.8, 4) is 0 Å². The van der Waals surface area contributed by atoms with Gasteiger partial charge in [-0.2, -0.15) is 5.10 Å². The van der Waals surface area contributed by atoms with Crippen LogP contribution in [-0.2, 0) is 16.6 Å². The summed E-state index contributed by atoms with van der Waals surface area (Å²) in [4.78, 5) is 26.4. The number of hydrogen-bond acceptors (Lipinski definition) is 4. The molecule has 4 heterocycles. The highest BCUT2D eigenvalue weighted by Gasteiger charge is 2.38. The third kappa shape index (κ3) is 3.85. The van der Waals surface area contributed by atoms with Crippen molar-refractivity contribution >= 4 is 17.5 Å². The topological polar surface area (TPSA) is 88.5 Å². The minimum Gasteiger partial charge on any atom is -0.376 e. The highest BCUT2D eigenvalue weighted by molar-refractivity contribution is 5.79. The first-order chi connectivity index (χ1) is 13.1. The molecule has 4 rings (SSSR count). The number of carbonyl (C=O) groups is 2. The SMILES string of the molecule is Cn1nccc1C1=CCN(C(=O)NC2CCC(=O)NC2C2CCCO2)CC1. The molecule has 8 heteroatoms. The van der Waals surface area contributed by atoms with Crippen LogP contribution in [0.2, 0.25) is 0 Å². The third-order valence-electron chi connectivity index (χ3n) is 5.76. The molecule has 0 saturated carbocycles. The van der Waals surface area contributed by atoms with Gasteiger partial charge in [-0.05, 0) is 37.3 Å². The summed E-state index contributed by atoms with van der Waals surface area (Å²) in [7, 11) is 1.93. The van der Waals surface area contributed by atoms with Gasteiger partial charge in [-0.25, -0.2) is 4.79 Å². The van der Waals surface area contributed by atoms with E-state index in [0.717, 1.165) is 31.6 Å². The zero-order valence-electron chi connectivity index (χ0n) is 15.7. The maximum absolute atomic E-state index is 12.8. The van der Waals surface area contributed by atoms with Gasteiger partial charge in [0.2, 0.25) is 5.91 Å². The molecule has 3 aliphatic rings. The molecule has 2 N–H and O–H groups in total. The molecule has 27 heavy (non-hydrogen) atoms. The number of hydrogen-bond donors (Lipinski definition) is 2. The zero-order chi connectivity index (χ0) is 18.8. The lowest BCUT2D eigenvalue weighted by molar-refractivity contribution is -0.125. The molecule has 2 fully saturated rings. The molecule has 0 aromatic carbocycles. The molecule has 8 nitrogen and oxygen atoms in total. The number of aryl methyl sites for hydroxylation is 1. The van der Waals surface area contributed by atoms with E-state index in [1.54, 1.807) is 6.20 Å². The number of nitrogens with one attached hydrogen (secondary N) is 2. The van der Waals surface area contributed by atoms with Crippen molar-refractivity contribution < 1.29 is 14.3 Å². The molecule has 3 unspecified atom stereocenters. The smallest absolute Gasteiger partial charge is 0.317 e. The van der Waals surface area contributed by atoms with Gasteiger partial charge in [-0.1, -0.05) is 6.08 Å². The van der Waals surface area contributed by atoms with Gasteiger partial charge < -0.3 is 20.3 Å². The number of ether oxygens (including phenoxy) is 1. The Morgan fingerprint density at radius 3 is 2.93 bits per heavy atom. The number of amides is 3. The van der Waals surface area contributed by atoms with Crippen LogP contribution in [0.25, 0.3) is 5.57 Å². The average Bonchev–Trinajstić information content (AvgIpc) is 3.35. The van der Waals surface area contributed by atoms with Crippen LogP contribution in [0, 0.1) is 0 Å². The van der Waals surface area contributed by atoms with E-state index in [-0.39, 0.29) is 30.1 Å². The molecule has 1 aromatic heterocycles. The molecule has 146 valence electrons. The minimum atomic E-state index is -0.136. The van der Waals surface area contributed by atoms with E-state index in [1.807, 2.05) is 22.7 Å². The Labute approximate surface area is 158 Å². The highest BCUT2D eigenvalue weighted by atomic mass is 16.5. The first kappa shape index (κ1) is 18.0. The quantitative estimate of drug-likeness (QED) is 0.829. The fraction of sp³-hybridized carbons (Fsp3) is 0.632. The normalized spacial score (nSPS) is 28.6. The standard InChI is InChI=1S/C19H27N5O3/c1-23-15(6-9-20-23)13-7-10-24(11-8-13)19(26)21-14-4-5-17(25)22-18(14)16-3-2-12-27-16/h6-7,9,14,16,18H,2-5,8,10-12H2,1H3,(H,21,26)(H,22,25). The maximum atomic E-state index is 12.8. The van der Waals surface area contributed by atoms with Crippen LogP contribution in [0.5, 0.6) is 0 Å². The monoisotopic (exact) mass is 373 g/mol. The maximum Gasteiger partial charge on any atom is 0.317 e. The lowest BCUT2D eigenvalue weighted by atomic mass is 9.92. The average molecular weight is 373 g/mol. The largest absolute Gasteiger partial charge is 0.376 e. The van der Waals surface area contributed by atoms with E-state index >= 15 is 0 Å². The summed E-state index contributed by atoms with van der Waals surface area (Å²) < 4.78 is 7.63. The second-order valence-electron chi connectivity index (χ2n) is 7.50. The number of aromatic nitrogens is 2. The number of nitrogens with zero attached hydrogens (tertiary/aromatic N) is 3. The van der Waals surface area contributed by atoms with Crippen LogP contribution < -0.4 is 10.6 Å². The highest BCUT2D eigenvalue weighted by Crippen LogP contribution is 2.24. The van der Waals surface area contributed by atoms with Crippen LogP contribution in [-0.4, -0.2) is 64.5 Å². The minimum absolute atomic E-state index is 0.00255. The molecule has 3 aliphatic heterocycles. The number of urea groups is 1. The van der Waals surface area contributed by atoms with Crippen molar-refractivity contribution in [3.05, 3.63) is 24.0 Å². The zero-order valence-corrected chi connectivity index (χ0v) is 15.7. The van der Waals surface area contributed by atoms with E-state index in [4.69, 9.17) is 4.74 Å². The van der Waals surface area contributed by atoms with Crippen LogP contribution in [0.4, 0.5) is 4.79 Å². The summed E-state index contributed by atoms with van der Waals surface area (Å²) in [5, 5.41) is 10.4. The van der Waals surface area contributed by atoms with Crippen LogP contribution in [0.3, 0.4) is 0 Å². The van der Waals surface area contributed by atoms with Gasteiger partial charge in [0.1, 0.15) is 0 Å². The van der Waals surface area contributed by atoms with Gasteiger partial charge in [0, 0.05) is 39.4 Å². The predicted octanol–water partition coefficient (Wildman–Crippen LogP) is 1.05. The number of rotatable bonds is 3. The summed E-state index contributed by atoms with van der Waals surface area (Å²) in [6, 6.07) is 1.71. The summed E-state index contributed by atoms with van der Waals surface area (Å²) in [6.07, 6.45) is 7.73. The van der Waals surface area contributed by atoms with E-state index in [0.29, 0.717) is 25.9 Å². The Bertz CT molecular complexity index is 737. The fourth-order valence-electron chi connectivity index (χ4n) is 4.25. The Hall–Kier alpha value is -2.35. The molecular formula is C19H27N5O3. The molecule has 3 atom stereocenters. The summed E-state index contributed by atoms with van der Waals surface area (Å²) in [5.41, 5.74) is 2.32. The van der Waals surface area contributed by atoms with Gasteiger partial charge in [-0.15, -0.1) is 0 Å². The van der Waals surface area contributed by atoms with Crippen molar-refractivity contribution in [2.45, 2.75) is 50.3 Å². The van der Waals surface area contributed by atoms with Crippen molar-refractivity contribution in [1.29, 1.82) is 0 Å². The number of carbonyl (C=O) groups excluding carboxylic acids is 2. The predicted molar refractivity (Wildman–Crippen MR) is 99.8 cm³/mol. The first-order valence-electron chi connectivity index (χ1n) is 9.75. The van der Waals surface area contributed by atoms with E-state index in [2.05, 4.69) is 21.8 Å². The second kappa shape index (κ2) is 7.72. The molecule has 3 amide bonds. The Morgan fingerprint density at radius 1 is 1.37 bits per heavy atom. The van der Waals surface area contributed by atoms with Gasteiger partial charge in [0.05, 0.1) is 23.9 Å². The molecular weight excluding hydrogens is 346 g/mol. The van der Waals surface area contributed by atoms with Crippen molar-refractivity contribution in [2.24, 2.45) is 7.05 Å². The Balaban J connectivity index is 1.37. The third-order valence-corrected chi connectivity index (χ3v) is 5.76. The molecule has 1 aromatic rings. The second-order valence-corrected chi connectivity index (χ2v) is 7.50. The Morgan fingerprint density at radius 2 is 2.26 bits per heavy atom. The van der Waals surface area contributed by atoms with Crippen molar-refractivity contribution in [1.82, 2.24) is 25.3 Å². The molecule has 0 spiro atoms. The summed E-state index contributed by atoms with van der Waals surface area (Å²) in [6.45, 7) is 1.98. The van der Waals surface area contributed by atoms with E-state index < -0.39 is 0 Å². The van der Waals surface area contributed by atoms with E-state index in [1.165, 1.54) is 5.57 Å². The van der Waals surface area contributed by atoms with Crippen LogP contribution in [0.15, 0.2) is 18.3 Å². The lowest BCUT2D eigenvalue weighted by Crippen LogP contribution is -2.61. The molecule has 0 aliphatic carbocycles. The fourth-order valence-corrected chi connectivity index (χ4v) is 4.25. The molecule has 0 bridgehead atoms. The van der Waals surface area contributed by atoms with Crippen molar-refractivity contribution in [2.75, 3.05) is 19.7 Å². The van der Waals surface area contributed by atoms with Gasteiger partial charge in [0.25, 0.3) is 0 Å². The lowest BCUT2D eigenvalue weighted by Gasteiger charge is -2.37. The van der Waals surface area contributed by atoms with Gasteiger partial charge >= 0.3 is 6.03 Å². The molecule has 0 radical (unpaired) electrons. The van der Waals surface area contributed by atoms with Gasteiger partial charge in [0.15, 0.2) is 0 Å². The van der Waals surface area contributed by atoms with Crippen molar-refractivity contribution in [3.63, 3.8) is 0 Å². The van der Waals surface area contributed by atoms with Crippen LogP contribution >= 0.6 is 0 Å². The van der Waals surface area contributed by atoms with E-state index in [9.17, 15) is 9.59 Å². The number of piperidine rings is 1. The van der Waals surface area contributed by atoms with Gasteiger partial charge in [-0.3, -0.25) is 9.48 Å². The van der Waals surface area contributed by atoms with Crippen LogP contribution in [0.1, 0.15) is 37.8 Å². The molecule has 2 saturated heterocycles. The Kier molecular flexibility index (Phi) is 5.15. The summed E-state index contributed by atoms with van der Waals surface area (Å²) in [5.74, 6) is 0.0442. The first-order valence-corrected chi connectivity index (χ1v) is 9.75.